The van der Waals surface area contributed by atoms with Crippen molar-refractivity contribution >= 4 is 5.57 Å². The molecular weight excluding hydrogens is 216 g/mol. The highest BCUT2D eigenvalue weighted by atomic mass is 14.4. The molecule has 0 heterocycles. The molecule has 0 nitrogen and oxygen atoms in total. The molecule has 1 aromatic carbocycles. The van der Waals surface area contributed by atoms with Crippen molar-refractivity contribution < 1.29 is 0 Å². The van der Waals surface area contributed by atoms with Gasteiger partial charge in [0.2, 0.25) is 0 Å². The molecule has 2 rings (SSSR count). The molecule has 0 aliphatic heterocycles. The molecule has 0 bridgehead atoms. The predicted octanol–water partition coefficient (Wildman–Crippen LogP) is 5.45. The Morgan fingerprint density at radius 1 is 0.833 bits per heavy atom. The Kier molecular flexibility index (Phi) is 3.01. The van der Waals surface area contributed by atoms with Gasteiger partial charge in [-0.1, -0.05) is 43.2 Å². The first-order chi connectivity index (χ1) is 8.26. The minimum Gasteiger partial charge on any atom is -0.0600 e. The van der Waals surface area contributed by atoms with E-state index in [0.29, 0.717) is 0 Å². The fraction of sp³-hybridized carbons (Fsp3) is 0.444. The second kappa shape index (κ2) is 4.12. The normalized spacial score (nSPS) is 18.8. The van der Waals surface area contributed by atoms with Crippen molar-refractivity contribution in [3.05, 3.63) is 51.6 Å². The fourth-order valence-electron chi connectivity index (χ4n) is 3.23. The van der Waals surface area contributed by atoms with Gasteiger partial charge in [0.15, 0.2) is 0 Å². The van der Waals surface area contributed by atoms with Crippen LogP contribution >= 0.6 is 0 Å². The third kappa shape index (κ3) is 1.75. The molecule has 0 atom stereocenters. The summed E-state index contributed by atoms with van der Waals surface area (Å²) in [7, 11) is 0. The zero-order valence-corrected chi connectivity index (χ0v) is 12.7. The Bertz CT molecular complexity index is 566. The van der Waals surface area contributed by atoms with E-state index in [4.69, 9.17) is 0 Å². The summed E-state index contributed by atoms with van der Waals surface area (Å²) in [6.45, 7) is 15.9. The fourth-order valence-corrected chi connectivity index (χ4v) is 3.23. The van der Waals surface area contributed by atoms with Gasteiger partial charge in [0.1, 0.15) is 0 Å². The first-order valence-electron chi connectivity index (χ1n) is 6.74. The van der Waals surface area contributed by atoms with Gasteiger partial charge in [-0.15, -0.1) is 0 Å². The lowest BCUT2D eigenvalue weighted by Gasteiger charge is -2.27. The number of hydrogen-bond donors (Lipinski definition) is 0. The van der Waals surface area contributed by atoms with E-state index in [1.807, 2.05) is 0 Å². The van der Waals surface area contributed by atoms with Gasteiger partial charge in [-0.2, -0.15) is 0 Å². The number of benzene rings is 1. The molecule has 0 saturated carbocycles. The van der Waals surface area contributed by atoms with Crippen LogP contribution in [0.1, 0.15) is 51.3 Å². The Hall–Kier alpha value is -1.30. The molecule has 0 N–H and O–H groups in total. The summed E-state index contributed by atoms with van der Waals surface area (Å²) in [6, 6.07) is 6.80. The molecule has 0 amide bonds. The lowest BCUT2D eigenvalue weighted by molar-refractivity contribution is 0.608. The van der Waals surface area contributed by atoms with E-state index in [9.17, 15) is 0 Å². The average molecular weight is 240 g/mol. The Labute approximate surface area is 111 Å². The quantitative estimate of drug-likeness (QED) is 0.612. The standard InChI is InChI=1S/C18H24/c1-11-8-9-16(12(2)10-11)17-14(4)13(3)15(5)18(17,6)7/h8-10H,1-7H3. The SMILES string of the molecule is CC1=C(C)C(C)(C)C(c2ccc(C)cc2C)=C1C. The van der Waals surface area contributed by atoms with E-state index >= 15 is 0 Å². The van der Waals surface area contributed by atoms with Crippen LogP contribution in [0, 0.1) is 19.3 Å². The maximum atomic E-state index is 2.34. The van der Waals surface area contributed by atoms with Gasteiger partial charge in [-0.25, -0.2) is 0 Å². The monoisotopic (exact) mass is 240 g/mol. The number of allylic oxidation sites excluding steroid dienone is 4. The highest BCUT2D eigenvalue weighted by Crippen LogP contribution is 2.51. The number of rotatable bonds is 1. The average Bonchev–Trinajstić information content (AvgIpc) is 2.42. The van der Waals surface area contributed by atoms with Gasteiger partial charge >= 0.3 is 0 Å². The van der Waals surface area contributed by atoms with Crippen LogP contribution in [0.15, 0.2) is 34.9 Å². The largest absolute Gasteiger partial charge is 0.0600 e. The second-order valence-corrected chi connectivity index (χ2v) is 6.19. The third-order valence-electron chi connectivity index (χ3n) is 4.71. The number of hydrogen-bond acceptors (Lipinski definition) is 0. The molecule has 0 aromatic heterocycles. The Balaban J connectivity index is 2.66. The maximum Gasteiger partial charge on any atom is 0.0117 e. The van der Waals surface area contributed by atoms with Gasteiger partial charge < -0.3 is 0 Å². The molecule has 1 aromatic rings. The molecule has 0 heteroatoms. The zero-order valence-electron chi connectivity index (χ0n) is 12.7. The van der Waals surface area contributed by atoms with E-state index in [0.717, 1.165) is 0 Å². The van der Waals surface area contributed by atoms with E-state index in [2.05, 4.69) is 66.7 Å². The number of aryl methyl sites for hydroxylation is 2. The first-order valence-corrected chi connectivity index (χ1v) is 6.74. The van der Waals surface area contributed by atoms with Crippen molar-refractivity contribution in [1.82, 2.24) is 0 Å². The molecular formula is C18H24. The van der Waals surface area contributed by atoms with Crippen LogP contribution in [0.2, 0.25) is 0 Å². The molecule has 0 saturated heterocycles. The molecule has 0 unspecified atom stereocenters. The van der Waals surface area contributed by atoms with E-state index in [1.165, 1.54) is 39.0 Å². The van der Waals surface area contributed by atoms with Crippen LogP contribution in [0.4, 0.5) is 0 Å². The second-order valence-electron chi connectivity index (χ2n) is 6.19. The highest BCUT2D eigenvalue weighted by molar-refractivity contribution is 5.83. The lowest BCUT2D eigenvalue weighted by atomic mass is 9.76. The zero-order chi connectivity index (χ0) is 13.7. The van der Waals surface area contributed by atoms with Gasteiger partial charge in [-0.3, -0.25) is 0 Å². The van der Waals surface area contributed by atoms with E-state index in [1.54, 1.807) is 0 Å². The van der Waals surface area contributed by atoms with Gasteiger partial charge in [-0.05, 0) is 62.5 Å². The molecule has 96 valence electrons. The van der Waals surface area contributed by atoms with Crippen molar-refractivity contribution in [3.8, 4) is 0 Å². The summed E-state index contributed by atoms with van der Waals surface area (Å²) in [5.41, 5.74) is 10.3. The van der Waals surface area contributed by atoms with Crippen LogP contribution in [-0.4, -0.2) is 0 Å². The van der Waals surface area contributed by atoms with Crippen molar-refractivity contribution in [2.24, 2.45) is 5.41 Å². The third-order valence-corrected chi connectivity index (χ3v) is 4.71. The van der Waals surface area contributed by atoms with E-state index in [-0.39, 0.29) is 5.41 Å². The lowest BCUT2D eigenvalue weighted by Crippen LogP contribution is -2.13. The summed E-state index contributed by atoms with van der Waals surface area (Å²) >= 11 is 0. The van der Waals surface area contributed by atoms with Gasteiger partial charge in [0.05, 0.1) is 0 Å². The van der Waals surface area contributed by atoms with Crippen LogP contribution in [0.3, 0.4) is 0 Å². The first kappa shape index (κ1) is 13.1. The minimum absolute atomic E-state index is 0.161. The van der Waals surface area contributed by atoms with Gasteiger partial charge in [0.25, 0.3) is 0 Å². The molecule has 0 radical (unpaired) electrons. The minimum atomic E-state index is 0.161. The summed E-state index contributed by atoms with van der Waals surface area (Å²) in [5, 5.41) is 0. The smallest absolute Gasteiger partial charge is 0.0117 e. The topological polar surface area (TPSA) is 0 Å². The Morgan fingerprint density at radius 2 is 1.44 bits per heavy atom. The highest BCUT2D eigenvalue weighted by Gasteiger charge is 2.35. The maximum absolute atomic E-state index is 2.34. The van der Waals surface area contributed by atoms with Crippen LogP contribution in [0.25, 0.3) is 5.57 Å². The summed E-state index contributed by atoms with van der Waals surface area (Å²) in [5.74, 6) is 0. The summed E-state index contributed by atoms with van der Waals surface area (Å²) < 4.78 is 0. The molecule has 18 heavy (non-hydrogen) atoms. The van der Waals surface area contributed by atoms with E-state index < -0.39 is 0 Å². The van der Waals surface area contributed by atoms with Crippen LogP contribution in [0.5, 0.6) is 0 Å². The van der Waals surface area contributed by atoms with Gasteiger partial charge in [0, 0.05) is 5.41 Å². The summed E-state index contributed by atoms with van der Waals surface area (Å²) in [6.07, 6.45) is 0. The molecule has 1 aliphatic rings. The van der Waals surface area contributed by atoms with Crippen molar-refractivity contribution in [1.29, 1.82) is 0 Å². The van der Waals surface area contributed by atoms with Crippen molar-refractivity contribution in [2.45, 2.75) is 48.5 Å². The summed E-state index contributed by atoms with van der Waals surface area (Å²) in [4.78, 5) is 0. The van der Waals surface area contributed by atoms with Crippen LogP contribution in [-0.2, 0) is 0 Å². The molecule has 1 aliphatic carbocycles. The molecule has 0 fully saturated rings. The van der Waals surface area contributed by atoms with Crippen molar-refractivity contribution in [2.75, 3.05) is 0 Å². The Morgan fingerprint density at radius 3 is 1.89 bits per heavy atom. The van der Waals surface area contributed by atoms with Crippen molar-refractivity contribution in [3.63, 3.8) is 0 Å². The predicted molar refractivity (Wildman–Crippen MR) is 80.7 cm³/mol. The molecule has 0 spiro atoms. The van der Waals surface area contributed by atoms with Crippen LogP contribution < -0.4 is 0 Å².